The van der Waals surface area contributed by atoms with E-state index in [4.69, 9.17) is 9.47 Å². The van der Waals surface area contributed by atoms with Crippen LogP contribution in [-0.4, -0.2) is 6.11 Å². The minimum absolute atomic E-state index is 0.00522. The molecule has 0 bridgehead atoms. The maximum atomic E-state index is 14.7. The predicted octanol–water partition coefficient (Wildman–Crippen LogP) is 9.52. The maximum Gasteiger partial charge on any atom is 0.400 e. The fourth-order valence-electron chi connectivity index (χ4n) is 5.25. The van der Waals surface area contributed by atoms with Gasteiger partial charge in [-0.05, 0) is 93.4 Å². The van der Waals surface area contributed by atoms with Crippen LogP contribution in [0.2, 0.25) is 0 Å². The number of unbranched alkanes of at least 4 members (excludes halogenated alkanes) is 2. The van der Waals surface area contributed by atoms with E-state index >= 15 is 0 Å². The normalized spacial score (nSPS) is 25.8. The van der Waals surface area contributed by atoms with Gasteiger partial charge in [-0.1, -0.05) is 44.8 Å². The summed E-state index contributed by atoms with van der Waals surface area (Å²) in [6, 6.07) is 5.26. The van der Waals surface area contributed by atoms with E-state index in [2.05, 4.69) is 19.1 Å². The van der Waals surface area contributed by atoms with Crippen molar-refractivity contribution in [3.63, 3.8) is 0 Å². The summed E-state index contributed by atoms with van der Waals surface area (Å²) in [6.45, 7) is 2.25. The van der Waals surface area contributed by atoms with Gasteiger partial charge >= 0.3 is 12.2 Å². The van der Waals surface area contributed by atoms with Crippen LogP contribution in [0.3, 0.4) is 0 Å². The molecule has 0 atom stereocenters. The first-order valence-electron chi connectivity index (χ1n) is 12.9. The van der Waals surface area contributed by atoms with Crippen LogP contribution in [0.1, 0.15) is 84.0 Å². The van der Waals surface area contributed by atoms with E-state index in [1.165, 1.54) is 75.6 Å². The summed E-state index contributed by atoms with van der Waals surface area (Å²) < 4.78 is 63.3. The standard InChI is InChI=1S/C28H38F4O2/c1-2-3-4-5-21-6-8-22(9-7-21)10-11-23-12-14-24(15-13-23)28(31,32)34-26-18-16-25(17-19-26)33-20-27(29)30/h10-11,16-24H,2-9,12-15H2,1H3/b11-10+. The number of hydrogen-bond acceptors (Lipinski definition) is 2. The Balaban J connectivity index is 1.39. The van der Waals surface area contributed by atoms with Crippen molar-refractivity contribution in [3.05, 3.63) is 48.8 Å². The number of rotatable bonds is 11. The molecule has 2 aliphatic rings. The summed E-state index contributed by atoms with van der Waals surface area (Å²) in [5.74, 6) is 1.21. The SMILES string of the molecule is CCCCCC1CCC(/C=C/C2CCC(C(F)(F)Oc3ccc(OC=C(F)F)cc3)CC2)CC1. The van der Waals surface area contributed by atoms with Gasteiger partial charge in [0.15, 0.2) is 6.26 Å². The van der Waals surface area contributed by atoms with Crippen molar-refractivity contribution >= 4 is 0 Å². The molecule has 0 heterocycles. The van der Waals surface area contributed by atoms with Crippen LogP contribution in [-0.2, 0) is 0 Å². The Hall–Kier alpha value is -1.98. The van der Waals surface area contributed by atoms with Crippen LogP contribution >= 0.6 is 0 Å². The lowest BCUT2D eigenvalue weighted by atomic mass is 9.78. The number of hydrogen-bond donors (Lipinski definition) is 0. The molecule has 2 nitrogen and oxygen atoms in total. The highest BCUT2D eigenvalue weighted by atomic mass is 19.3. The smallest absolute Gasteiger partial charge is 0.400 e. The molecule has 0 saturated heterocycles. The molecule has 6 heteroatoms. The lowest BCUT2D eigenvalue weighted by Crippen LogP contribution is -2.37. The Morgan fingerprint density at radius 1 is 0.853 bits per heavy atom. The minimum Gasteiger partial charge on any atom is -0.459 e. The first kappa shape index (κ1) is 26.6. The number of ether oxygens (including phenoxy) is 2. The summed E-state index contributed by atoms with van der Waals surface area (Å²) in [5, 5.41) is 0. The second kappa shape index (κ2) is 13.2. The van der Waals surface area contributed by atoms with Gasteiger partial charge in [0.1, 0.15) is 11.5 Å². The van der Waals surface area contributed by atoms with Crippen molar-refractivity contribution in [2.24, 2.45) is 23.7 Å². The van der Waals surface area contributed by atoms with Crippen molar-refractivity contribution in [1.82, 2.24) is 0 Å². The first-order valence-corrected chi connectivity index (χ1v) is 12.9. The molecule has 2 saturated carbocycles. The van der Waals surface area contributed by atoms with Crippen LogP contribution in [0.25, 0.3) is 0 Å². The Labute approximate surface area is 201 Å². The quantitative estimate of drug-likeness (QED) is 0.135. The van der Waals surface area contributed by atoms with Crippen molar-refractivity contribution < 1.29 is 27.0 Å². The maximum absolute atomic E-state index is 14.7. The van der Waals surface area contributed by atoms with Crippen LogP contribution in [0.5, 0.6) is 11.5 Å². The van der Waals surface area contributed by atoms with Gasteiger partial charge in [0.25, 0.3) is 0 Å². The lowest BCUT2D eigenvalue weighted by molar-refractivity contribution is -0.223. The molecule has 2 fully saturated rings. The van der Waals surface area contributed by atoms with E-state index in [0.29, 0.717) is 30.9 Å². The molecule has 0 aliphatic heterocycles. The summed E-state index contributed by atoms with van der Waals surface area (Å²) in [4.78, 5) is 0. The number of allylic oxidation sites excluding steroid dienone is 2. The summed E-state index contributed by atoms with van der Waals surface area (Å²) >= 11 is 0. The molecule has 1 aromatic carbocycles. The van der Waals surface area contributed by atoms with Crippen LogP contribution in [0.4, 0.5) is 17.6 Å². The molecular formula is C28H38F4O2. The van der Waals surface area contributed by atoms with Gasteiger partial charge in [-0.3, -0.25) is 0 Å². The zero-order valence-electron chi connectivity index (χ0n) is 20.2. The Bertz CT molecular complexity index is 770. The van der Waals surface area contributed by atoms with Gasteiger partial charge in [-0.25, -0.2) is 0 Å². The van der Waals surface area contributed by atoms with Gasteiger partial charge < -0.3 is 9.47 Å². The highest BCUT2D eigenvalue weighted by molar-refractivity contribution is 5.32. The van der Waals surface area contributed by atoms with E-state index in [1.807, 2.05) is 0 Å². The fourth-order valence-corrected chi connectivity index (χ4v) is 5.25. The van der Waals surface area contributed by atoms with Crippen LogP contribution in [0, 0.1) is 23.7 Å². The monoisotopic (exact) mass is 482 g/mol. The third-order valence-corrected chi connectivity index (χ3v) is 7.37. The number of halogens is 4. The molecule has 0 N–H and O–H groups in total. The van der Waals surface area contributed by atoms with Crippen LogP contribution < -0.4 is 9.47 Å². The molecule has 190 valence electrons. The molecule has 3 rings (SSSR count). The Kier molecular flexibility index (Phi) is 10.3. The second-order valence-electron chi connectivity index (χ2n) is 9.93. The topological polar surface area (TPSA) is 18.5 Å². The molecule has 0 amide bonds. The summed E-state index contributed by atoms with van der Waals surface area (Å²) in [6.07, 6.45) is 12.6. The number of benzene rings is 1. The number of alkyl halides is 2. The third kappa shape index (κ3) is 8.66. The highest BCUT2D eigenvalue weighted by Gasteiger charge is 2.43. The molecule has 0 radical (unpaired) electrons. The Morgan fingerprint density at radius 3 is 1.97 bits per heavy atom. The van der Waals surface area contributed by atoms with E-state index < -0.39 is 18.1 Å². The van der Waals surface area contributed by atoms with Gasteiger partial charge in [0.2, 0.25) is 0 Å². The van der Waals surface area contributed by atoms with E-state index in [1.54, 1.807) is 0 Å². The molecule has 0 unspecified atom stereocenters. The molecule has 0 spiro atoms. The van der Waals surface area contributed by atoms with Gasteiger partial charge in [0, 0.05) is 0 Å². The average molecular weight is 483 g/mol. The highest BCUT2D eigenvalue weighted by Crippen LogP contribution is 2.41. The van der Waals surface area contributed by atoms with E-state index in [-0.39, 0.29) is 11.5 Å². The van der Waals surface area contributed by atoms with Crippen molar-refractivity contribution in [3.8, 4) is 11.5 Å². The van der Waals surface area contributed by atoms with Gasteiger partial charge in [-0.15, -0.1) is 0 Å². The average Bonchev–Trinajstić information content (AvgIpc) is 2.83. The largest absolute Gasteiger partial charge is 0.459 e. The molecule has 2 aliphatic carbocycles. The zero-order valence-corrected chi connectivity index (χ0v) is 20.2. The molecule has 1 aromatic rings. The predicted molar refractivity (Wildman–Crippen MR) is 127 cm³/mol. The van der Waals surface area contributed by atoms with Crippen molar-refractivity contribution in [2.75, 3.05) is 0 Å². The molecular weight excluding hydrogens is 444 g/mol. The van der Waals surface area contributed by atoms with Crippen molar-refractivity contribution in [1.29, 1.82) is 0 Å². The zero-order chi connectivity index (χ0) is 24.4. The first-order chi connectivity index (χ1) is 16.4. The molecule has 34 heavy (non-hydrogen) atoms. The fraction of sp³-hybridized carbons (Fsp3) is 0.643. The lowest BCUT2D eigenvalue weighted by Gasteiger charge is -2.32. The van der Waals surface area contributed by atoms with Gasteiger partial charge in [-0.2, -0.15) is 17.6 Å². The Morgan fingerprint density at radius 2 is 1.41 bits per heavy atom. The minimum atomic E-state index is -3.27. The summed E-state index contributed by atoms with van der Waals surface area (Å²) in [7, 11) is 0. The van der Waals surface area contributed by atoms with E-state index in [9.17, 15) is 17.6 Å². The third-order valence-electron chi connectivity index (χ3n) is 7.37. The van der Waals surface area contributed by atoms with Crippen LogP contribution in [0.15, 0.2) is 48.8 Å². The van der Waals surface area contributed by atoms with E-state index in [0.717, 1.165) is 18.8 Å². The van der Waals surface area contributed by atoms with Gasteiger partial charge in [0.05, 0.1) is 5.92 Å². The van der Waals surface area contributed by atoms with Crippen molar-refractivity contribution in [2.45, 2.75) is 90.1 Å². The summed E-state index contributed by atoms with van der Waals surface area (Å²) in [5.41, 5.74) is 0. The second-order valence-corrected chi connectivity index (χ2v) is 9.93. The molecule has 0 aromatic heterocycles.